The number of hydrogen-bond acceptors (Lipinski definition) is 5. The molecule has 6 heteroatoms. The van der Waals surface area contributed by atoms with Gasteiger partial charge in [-0.05, 0) is 49.2 Å². The van der Waals surface area contributed by atoms with E-state index in [9.17, 15) is 4.79 Å². The Morgan fingerprint density at radius 3 is 2.30 bits per heavy atom. The van der Waals surface area contributed by atoms with Gasteiger partial charge < -0.3 is 15.5 Å². The van der Waals surface area contributed by atoms with Crippen molar-refractivity contribution in [3.8, 4) is 0 Å². The van der Waals surface area contributed by atoms with E-state index in [0.29, 0.717) is 18.1 Å². The minimum Gasteiger partial charge on any atom is -0.372 e. The summed E-state index contributed by atoms with van der Waals surface area (Å²) in [6.07, 6.45) is 2.97. The molecule has 1 aliphatic heterocycles. The van der Waals surface area contributed by atoms with Crippen LogP contribution < -0.4 is 15.5 Å². The summed E-state index contributed by atoms with van der Waals surface area (Å²) in [5.74, 6) is 1.04. The fourth-order valence-electron chi connectivity index (χ4n) is 2.58. The summed E-state index contributed by atoms with van der Waals surface area (Å²) >= 11 is 0. The van der Waals surface area contributed by atoms with E-state index in [2.05, 4.69) is 37.9 Å². The molecule has 1 saturated heterocycles. The van der Waals surface area contributed by atoms with Gasteiger partial charge in [-0.25, -0.2) is 0 Å². The quantitative estimate of drug-likeness (QED) is 0.887. The van der Waals surface area contributed by atoms with Crippen molar-refractivity contribution in [3.63, 3.8) is 0 Å². The Labute approximate surface area is 135 Å². The van der Waals surface area contributed by atoms with E-state index in [-0.39, 0.29) is 5.91 Å². The van der Waals surface area contributed by atoms with Crippen LogP contribution in [0.4, 0.5) is 23.0 Å². The third kappa shape index (κ3) is 3.97. The topological polar surface area (TPSA) is 70.2 Å². The molecule has 2 heterocycles. The molecular formula is C17H21N5O. The van der Waals surface area contributed by atoms with Crippen LogP contribution in [0.3, 0.4) is 0 Å². The van der Waals surface area contributed by atoms with Gasteiger partial charge >= 0.3 is 0 Å². The van der Waals surface area contributed by atoms with Crippen LogP contribution in [-0.2, 0) is 4.79 Å². The Balaban J connectivity index is 1.61. The first-order valence-electron chi connectivity index (χ1n) is 8.00. The Morgan fingerprint density at radius 2 is 1.70 bits per heavy atom. The molecule has 0 unspecified atom stereocenters. The average molecular weight is 311 g/mol. The van der Waals surface area contributed by atoms with Gasteiger partial charge in [-0.3, -0.25) is 4.79 Å². The summed E-state index contributed by atoms with van der Waals surface area (Å²) in [4.78, 5) is 13.7. The number of nitrogens with zero attached hydrogens (tertiary/aromatic N) is 3. The van der Waals surface area contributed by atoms with Crippen LogP contribution in [0, 0.1) is 0 Å². The molecule has 0 spiro atoms. The van der Waals surface area contributed by atoms with E-state index in [1.54, 1.807) is 19.1 Å². The van der Waals surface area contributed by atoms with Crippen LogP contribution >= 0.6 is 0 Å². The standard InChI is InChI=1S/C17H21N5O/c1-2-17(23)19-16-10-9-15(20-21-16)18-13-5-7-14(8-6-13)22-11-3-4-12-22/h5-10H,2-4,11-12H2,1H3,(H,18,20)(H,19,21,23). The van der Waals surface area contributed by atoms with Crippen LogP contribution in [0.25, 0.3) is 0 Å². The zero-order valence-corrected chi connectivity index (χ0v) is 13.2. The third-order valence-corrected chi connectivity index (χ3v) is 3.86. The summed E-state index contributed by atoms with van der Waals surface area (Å²) in [6, 6.07) is 11.9. The van der Waals surface area contributed by atoms with Crippen molar-refractivity contribution >= 4 is 28.9 Å². The molecule has 3 rings (SSSR count). The Kier molecular flexibility index (Phi) is 4.71. The molecular weight excluding hydrogens is 290 g/mol. The van der Waals surface area contributed by atoms with Gasteiger partial charge in [0.25, 0.3) is 0 Å². The number of hydrogen-bond donors (Lipinski definition) is 2. The van der Waals surface area contributed by atoms with Crippen molar-refractivity contribution < 1.29 is 4.79 Å². The minimum atomic E-state index is -0.0717. The largest absolute Gasteiger partial charge is 0.372 e. The molecule has 1 aromatic heterocycles. The van der Waals surface area contributed by atoms with Crippen molar-refractivity contribution in [2.75, 3.05) is 28.6 Å². The number of anilines is 4. The molecule has 1 aromatic carbocycles. The molecule has 0 saturated carbocycles. The zero-order valence-electron chi connectivity index (χ0n) is 13.2. The average Bonchev–Trinajstić information content (AvgIpc) is 3.12. The molecule has 0 radical (unpaired) electrons. The first-order chi connectivity index (χ1) is 11.2. The number of rotatable bonds is 5. The minimum absolute atomic E-state index is 0.0717. The van der Waals surface area contributed by atoms with Crippen molar-refractivity contribution in [1.82, 2.24) is 10.2 Å². The molecule has 1 fully saturated rings. The summed E-state index contributed by atoms with van der Waals surface area (Å²) in [7, 11) is 0. The lowest BCUT2D eigenvalue weighted by Gasteiger charge is -2.17. The van der Waals surface area contributed by atoms with Crippen molar-refractivity contribution in [1.29, 1.82) is 0 Å². The second-order valence-corrected chi connectivity index (χ2v) is 5.57. The lowest BCUT2D eigenvalue weighted by molar-refractivity contribution is -0.115. The summed E-state index contributed by atoms with van der Waals surface area (Å²) < 4.78 is 0. The lowest BCUT2D eigenvalue weighted by atomic mass is 10.2. The van der Waals surface area contributed by atoms with E-state index in [1.165, 1.54) is 18.5 Å². The van der Waals surface area contributed by atoms with E-state index in [1.807, 2.05) is 12.1 Å². The maximum atomic E-state index is 11.3. The van der Waals surface area contributed by atoms with Crippen molar-refractivity contribution in [2.24, 2.45) is 0 Å². The van der Waals surface area contributed by atoms with Crippen LogP contribution in [-0.4, -0.2) is 29.2 Å². The van der Waals surface area contributed by atoms with Gasteiger partial charge in [0.05, 0.1) is 0 Å². The second-order valence-electron chi connectivity index (χ2n) is 5.57. The summed E-state index contributed by atoms with van der Waals surface area (Å²) in [5, 5.41) is 14.0. The van der Waals surface area contributed by atoms with Gasteiger partial charge in [-0.2, -0.15) is 0 Å². The smallest absolute Gasteiger partial charge is 0.225 e. The maximum Gasteiger partial charge on any atom is 0.225 e. The Hall–Kier alpha value is -2.63. The molecule has 23 heavy (non-hydrogen) atoms. The number of aromatic nitrogens is 2. The highest BCUT2D eigenvalue weighted by atomic mass is 16.1. The van der Waals surface area contributed by atoms with Crippen molar-refractivity contribution in [3.05, 3.63) is 36.4 Å². The fraction of sp³-hybridized carbons (Fsp3) is 0.353. The molecule has 1 aliphatic rings. The van der Waals surface area contributed by atoms with Crippen LogP contribution in [0.5, 0.6) is 0 Å². The zero-order chi connectivity index (χ0) is 16.1. The summed E-state index contributed by atoms with van der Waals surface area (Å²) in [5.41, 5.74) is 2.23. The Bertz CT molecular complexity index is 648. The fourth-order valence-corrected chi connectivity index (χ4v) is 2.58. The lowest BCUT2D eigenvalue weighted by Crippen LogP contribution is -2.17. The molecule has 6 nitrogen and oxygen atoms in total. The monoisotopic (exact) mass is 311 g/mol. The van der Waals surface area contributed by atoms with Crippen LogP contribution in [0.15, 0.2) is 36.4 Å². The highest BCUT2D eigenvalue weighted by molar-refractivity contribution is 5.89. The first kappa shape index (κ1) is 15.3. The molecule has 0 aliphatic carbocycles. The number of nitrogens with one attached hydrogen (secondary N) is 2. The molecule has 1 amide bonds. The van der Waals surface area contributed by atoms with Gasteiger partial charge in [-0.15, -0.1) is 10.2 Å². The van der Waals surface area contributed by atoms with Gasteiger partial charge in [0.15, 0.2) is 11.6 Å². The predicted octanol–water partition coefficient (Wildman–Crippen LogP) is 3.17. The molecule has 2 N–H and O–H groups in total. The number of carbonyl (C=O) groups is 1. The summed E-state index contributed by atoms with van der Waals surface area (Å²) in [6.45, 7) is 4.08. The third-order valence-electron chi connectivity index (χ3n) is 3.86. The molecule has 120 valence electrons. The Morgan fingerprint density at radius 1 is 1.04 bits per heavy atom. The number of amides is 1. The number of carbonyl (C=O) groups excluding carboxylic acids is 1. The van der Waals surface area contributed by atoms with Gasteiger partial charge in [-0.1, -0.05) is 6.92 Å². The predicted molar refractivity (Wildman–Crippen MR) is 92.1 cm³/mol. The van der Waals surface area contributed by atoms with Crippen molar-refractivity contribution in [2.45, 2.75) is 26.2 Å². The van der Waals surface area contributed by atoms with E-state index in [4.69, 9.17) is 0 Å². The molecule has 2 aromatic rings. The van der Waals surface area contributed by atoms with Gasteiger partial charge in [0.1, 0.15) is 0 Å². The SMILES string of the molecule is CCC(=O)Nc1ccc(Nc2ccc(N3CCCC3)cc2)nn1. The van der Waals surface area contributed by atoms with Crippen LogP contribution in [0.2, 0.25) is 0 Å². The molecule has 0 bridgehead atoms. The highest BCUT2D eigenvalue weighted by Gasteiger charge is 2.11. The van der Waals surface area contributed by atoms with E-state index >= 15 is 0 Å². The normalized spacial score (nSPS) is 13.9. The van der Waals surface area contributed by atoms with Gasteiger partial charge in [0.2, 0.25) is 5.91 Å². The molecule has 0 atom stereocenters. The van der Waals surface area contributed by atoms with Gasteiger partial charge in [0, 0.05) is 30.9 Å². The van der Waals surface area contributed by atoms with E-state index in [0.717, 1.165) is 18.8 Å². The van der Waals surface area contributed by atoms with Crippen LogP contribution in [0.1, 0.15) is 26.2 Å². The second kappa shape index (κ2) is 7.09. The number of benzene rings is 1. The highest BCUT2D eigenvalue weighted by Crippen LogP contribution is 2.23. The van der Waals surface area contributed by atoms with E-state index < -0.39 is 0 Å². The first-order valence-corrected chi connectivity index (χ1v) is 8.00. The maximum absolute atomic E-state index is 11.3.